The third kappa shape index (κ3) is 4.85. The van der Waals surface area contributed by atoms with Crippen molar-refractivity contribution in [3.05, 3.63) is 58.9 Å². The normalized spacial score (nSPS) is 17.2. The quantitative estimate of drug-likeness (QED) is 0.743. The molecule has 2 aromatic rings. The molecule has 2 aromatic carbocycles. The number of likely N-dealkylation sites (tertiary alicyclic amines) is 2. The number of carbonyl (C=O) groups excluding carboxylic acids is 1. The fraction of sp³-hybridized carbons (Fsp3) is 0.435. The van der Waals surface area contributed by atoms with Crippen LogP contribution in [0.4, 0.5) is 24.5 Å². The summed E-state index contributed by atoms with van der Waals surface area (Å²) >= 11 is 0. The summed E-state index contributed by atoms with van der Waals surface area (Å²) in [6.07, 6.45) is 1.10. The Hall–Kier alpha value is -2.58. The number of amides is 1. The number of anilines is 2. The number of hydrogen-bond acceptors (Lipinski definition) is 4. The van der Waals surface area contributed by atoms with Crippen LogP contribution in [0.5, 0.6) is 0 Å². The van der Waals surface area contributed by atoms with Crippen molar-refractivity contribution in [2.24, 2.45) is 0 Å². The first kappa shape index (κ1) is 23.1. The zero-order valence-electron chi connectivity index (χ0n) is 18.0. The maximum atomic E-state index is 14.5. The molecular weight excluding hydrogens is 407 g/mol. The van der Waals surface area contributed by atoms with Gasteiger partial charge in [0.1, 0.15) is 11.4 Å². The van der Waals surface area contributed by atoms with Gasteiger partial charge in [-0.15, -0.1) is 0 Å². The van der Waals surface area contributed by atoms with Crippen LogP contribution < -0.4 is 5.32 Å². The Bertz CT molecular complexity index is 957. The molecule has 0 radical (unpaired) electrons. The monoisotopic (exact) mass is 435 g/mol. The molecule has 5 nitrogen and oxygen atoms in total. The Labute approximate surface area is 180 Å². The second-order valence-electron chi connectivity index (χ2n) is 7.91. The van der Waals surface area contributed by atoms with Gasteiger partial charge in [-0.05, 0) is 56.3 Å². The third-order valence-corrected chi connectivity index (χ3v) is 5.43. The molecule has 0 spiro atoms. The number of rotatable bonds is 5. The molecule has 0 unspecified atom stereocenters. The molecule has 0 bridgehead atoms. The zero-order chi connectivity index (χ0) is 22.8. The van der Waals surface area contributed by atoms with Crippen molar-refractivity contribution in [3.63, 3.8) is 0 Å². The SMILES string of the molecule is CC.Cc1ccc(Nc2c(C(=O)N3CC(O)(CN4CCC4)C3)ccc(F)c2F)c(F)c1. The lowest BCUT2D eigenvalue weighted by Crippen LogP contribution is -2.68. The van der Waals surface area contributed by atoms with Crippen LogP contribution in [0.2, 0.25) is 0 Å². The molecule has 4 rings (SSSR count). The minimum absolute atomic E-state index is 0.0629. The van der Waals surface area contributed by atoms with Crippen LogP contribution in [0.1, 0.15) is 36.2 Å². The smallest absolute Gasteiger partial charge is 0.256 e. The highest BCUT2D eigenvalue weighted by Crippen LogP contribution is 2.32. The topological polar surface area (TPSA) is 55.8 Å². The van der Waals surface area contributed by atoms with Gasteiger partial charge in [0.05, 0.1) is 30.0 Å². The van der Waals surface area contributed by atoms with Gasteiger partial charge in [0.25, 0.3) is 5.91 Å². The van der Waals surface area contributed by atoms with E-state index in [1.165, 1.54) is 23.1 Å². The van der Waals surface area contributed by atoms with E-state index < -0.39 is 34.6 Å². The molecule has 168 valence electrons. The highest BCUT2D eigenvalue weighted by Gasteiger charge is 2.46. The van der Waals surface area contributed by atoms with Crippen molar-refractivity contribution in [1.29, 1.82) is 0 Å². The number of aryl methyl sites for hydroxylation is 1. The molecule has 2 saturated heterocycles. The molecule has 2 aliphatic heterocycles. The maximum absolute atomic E-state index is 14.5. The first-order valence-corrected chi connectivity index (χ1v) is 10.5. The number of aliphatic hydroxyl groups is 1. The number of nitrogens with zero attached hydrogens (tertiary/aromatic N) is 2. The van der Waals surface area contributed by atoms with Gasteiger partial charge in [-0.3, -0.25) is 4.79 Å². The van der Waals surface area contributed by atoms with E-state index >= 15 is 0 Å². The summed E-state index contributed by atoms with van der Waals surface area (Å²) in [5.74, 6) is -3.59. The predicted octanol–water partition coefficient (Wildman–Crippen LogP) is 4.07. The fourth-order valence-electron chi connectivity index (χ4n) is 3.74. The molecule has 2 aliphatic rings. The van der Waals surface area contributed by atoms with Gasteiger partial charge in [0, 0.05) is 6.54 Å². The largest absolute Gasteiger partial charge is 0.385 e. The minimum atomic E-state index is -1.26. The summed E-state index contributed by atoms with van der Waals surface area (Å²) in [5.41, 5.74) is -0.922. The lowest BCUT2D eigenvalue weighted by atomic mass is 9.91. The Balaban J connectivity index is 0.00000132. The van der Waals surface area contributed by atoms with Gasteiger partial charge in [0.2, 0.25) is 0 Å². The summed E-state index contributed by atoms with van der Waals surface area (Å²) in [6.45, 7) is 8.26. The van der Waals surface area contributed by atoms with E-state index in [0.29, 0.717) is 12.1 Å². The van der Waals surface area contributed by atoms with Crippen molar-refractivity contribution in [1.82, 2.24) is 9.80 Å². The highest BCUT2D eigenvalue weighted by molar-refractivity contribution is 6.01. The second kappa shape index (κ2) is 9.28. The van der Waals surface area contributed by atoms with Gasteiger partial charge in [-0.25, -0.2) is 13.2 Å². The molecule has 1 amide bonds. The molecule has 0 atom stereocenters. The van der Waals surface area contributed by atoms with Gasteiger partial charge >= 0.3 is 0 Å². The minimum Gasteiger partial charge on any atom is -0.385 e. The van der Waals surface area contributed by atoms with Crippen LogP contribution in [0.25, 0.3) is 0 Å². The Kier molecular flexibility index (Phi) is 6.91. The standard InChI is InChI=1S/C21H22F3N3O2.C2H6/c1-13-3-6-17(16(23)9-13)25-19-14(4-5-15(22)18(19)24)20(28)27-11-21(29,12-27)10-26-7-2-8-26;1-2/h3-6,9,25,29H,2,7-8,10-12H2,1H3;1-2H3. The van der Waals surface area contributed by atoms with E-state index in [0.717, 1.165) is 25.6 Å². The molecule has 0 aliphatic carbocycles. The van der Waals surface area contributed by atoms with Crippen molar-refractivity contribution in [2.75, 3.05) is 38.0 Å². The molecule has 2 fully saturated rings. The van der Waals surface area contributed by atoms with E-state index in [4.69, 9.17) is 0 Å². The number of nitrogens with one attached hydrogen (secondary N) is 1. The summed E-state index contributed by atoms with van der Waals surface area (Å²) < 4.78 is 42.5. The van der Waals surface area contributed by atoms with Crippen molar-refractivity contribution in [2.45, 2.75) is 32.8 Å². The highest BCUT2D eigenvalue weighted by atomic mass is 19.2. The first-order valence-electron chi connectivity index (χ1n) is 10.5. The van der Waals surface area contributed by atoms with Gasteiger partial charge < -0.3 is 20.2 Å². The second-order valence-corrected chi connectivity index (χ2v) is 7.91. The Morgan fingerprint density at radius 3 is 2.35 bits per heavy atom. The summed E-state index contributed by atoms with van der Waals surface area (Å²) in [7, 11) is 0. The van der Waals surface area contributed by atoms with E-state index in [9.17, 15) is 23.1 Å². The van der Waals surface area contributed by atoms with Gasteiger partial charge in [-0.1, -0.05) is 19.9 Å². The van der Waals surface area contributed by atoms with E-state index in [2.05, 4.69) is 10.2 Å². The van der Waals surface area contributed by atoms with Crippen LogP contribution in [0.15, 0.2) is 30.3 Å². The lowest BCUT2D eigenvalue weighted by Gasteiger charge is -2.50. The summed E-state index contributed by atoms with van der Waals surface area (Å²) in [5, 5.41) is 13.1. The molecule has 31 heavy (non-hydrogen) atoms. The van der Waals surface area contributed by atoms with E-state index in [1.54, 1.807) is 13.0 Å². The van der Waals surface area contributed by atoms with Gasteiger partial charge in [0.15, 0.2) is 11.6 Å². The number of hydrogen-bond donors (Lipinski definition) is 2. The number of benzene rings is 2. The average molecular weight is 435 g/mol. The number of carbonyl (C=O) groups is 1. The summed E-state index contributed by atoms with van der Waals surface area (Å²) in [4.78, 5) is 16.4. The Morgan fingerprint density at radius 1 is 1.10 bits per heavy atom. The average Bonchev–Trinajstić information content (AvgIpc) is 2.69. The first-order chi connectivity index (χ1) is 14.8. The molecule has 0 aromatic heterocycles. The Morgan fingerprint density at radius 2 is 1.77 bits per heavy atom. The molecule has 8 heteroatoms. The van der Waals surface area contributed by atoms with E-state index in [1.807, 2.05) is 13.8 Å². The van der Waals surface area contributed by atoms with E-state index in [-0.39, 0.29) is 24.3 Å². The van der Waals surface area contributed by atoms with Crippen LogP contribution in [-0.4, -0.2) is 59.1 Å². The van der Waals surface area contributed by atoms with Gasteiger partial charge in [-0.2, -0.15) is 0 Å². The van der Waals surface area contributed by atoms with Crippen LogP contribution >= 0.6 is 0 Å². The molecule has 2 N–H and O–H groups in total. The van der Waals surface area contributed by atoms with Crippen molar-refractivity contribution >= 4 is 17.3 Å². The summed E-state index contributed by atoms with van der Waals surface area (Å²) in [6, 6.07) is 6.31. The number of halogens is 3. The van der Waals surface area contributed by atoms with Crippen molar-refractivity contribution < 1.29 is 23.1 Å². The fourth-order valence-corrected chi connectivity index (χ4v) is 3.74. The number of β-amino-alcohol motifs (C(OH)–C–C–N with tert-alkyl or cyclic N) is 1. The van der Waals surface area contributed by atoms with Crippen LogP contribution in [0.3, 0.4) is 0 Å². The van der Waals surface area contributed by atoms with Crippen molar-refractivity contribution in [3.8, 4) is 0 Å². The maximum Gasteiger partial charge on any atom is 0.256 e. The lowest BCUT2D eigenvalue weighted by molar-refractivity contribution is -0.105. The van der Waals surface area contributed by atoms with Crippen LogP contribution in [0, 0.1) is 24.4 Å². The molecular formula is C23H28F3N3O2. The van der Waals surface area contributed by atoms with Crippen LogP contribution in [-0.2, 0) is 0 Å². The third-order valence-electron chi connectivity index (χ3n) is 5.43. The predicted molar refractivity (Wildman–Crippen MR) is 114 cm³/mol. The molecule has 2 heterocycles. The molecule has 0 saturated carbocycles. The zero-order valence-corrected chi connectivity index (χ0v) is 18.0.